The number of carboxylic acids is 1. The maximum atomic E-state index is 14.0. The highest BCUT2D eigenvalue weighted by Crippen LogP contribution is 2.38. The van der Waals surface area contributed by atoms with Crippen molar-refractivity contribution in [2.24, 2.45) is 10.4 Å². The monoisotopic (exact) mass is 632 g/mol. The Bertz CT molecular complexity index is 1500. The summed E-state index contributed by atoms with van der Waals surface area (Å²) < 4.78 is 19.5. The largest absolute Gasteiger partial charge is 0.481 e. The number of amidine groups is 1. The van der Waals surface area contributed by atoms with E-state index >= 15 is 0 Å². The Morgan fingerprint density at radius 3 is 2.72 bits per heavy atom. The summed E-state index contributed by atoms with van der Waals surface area (Å²) in [5.74, 6) is -1.59. The van der Waals surface area contributed by atoms with E-state index in [9.17, 15) is 23.9 Å². The number of nitrogens with one attached hydrogen (secondary N) is 1. The van der Waals surface area contributed by atoms with Gasteiger partial charge in [0.15, 0.2) is 10.8 Å². The van der Waals surface area contributed by atoms with Gasteiger partial charge in [-0.3, -0.25) is 14.7 Å². The Morgan fingerprint density at radius 1 is 1.30 bits per heavy atom. The summed E-state index contributed by atoms with van der Waals surface area (Å²) in [4.78, 5) is 53.3. The molecule has 0 saturated carbocycles. The number of carbonyl (C=O) groups excluding carboxylic acids is 2. The molecule has 3 aliphatic rings. The molecule has 2 atom stereocenters. The highest BCUT2D eigenvalue weighted by atomic mass is 35.5. The minimum atomic E-state index is -1.09. The van der Waals surface area contributed by atoms with E-state index in [-0.39, 0.29) is 29.8 Å². The molecule has 0 aliphatic carbocycles. The zero-order chi connectivity index (χ0) is 31.1. The van der Waals surface area contributed by atoms with E-state index in [1.165, 1.54) is 29.5 Å². The molecule has 5 rings (SSSR count). The number of hydrogen-bond donors (Lipinski definition) is 2. The molecule has 2 amide bonds. The lowest BCUT2D eigenvalue weighted by molar-refractivity contribution is -0.147. The molecule has 1 aromatic heterocycles. The predicted molar refractivity (Wildman–Crippen MR) is 160 cm³/mol. The van der Waals surface area contributed by atoms with Gasteiger partial charge in [0.1, 0.15) is 11.9 Å². The second kappa shape index (κ2) is 11.9. The number of ether oxygens (including phenoxy) is 1. The second-order valence-electron chi connectivity index (χ2n) is 11.8. The van der Waals surface area contributed by atoms with Crippen molar-refractivity contribution in [1.29, 1.82) is 0 Å². The van der Waals surface area contributed by atoms with Crippen molar-refractivity contribution < 1.29 is 28.6 Å². The first-order valence-corrected chi connectivity index (χ1v) is 15.2. The maximum Gasteiger partial charge on any atom is 0.338 e. The third-order valence-corrected chi connectivity index (χ3v) is 9.06. The number of urea groups is 1. The van der Waals surface area contributed by atoms with Crippen molar-refractivity contribution in [1.82, 2.24) is 25.0 Å². The number of aromatic nitrogens is 1. The maximum absolute atomic E-state index is 14.0. The number of fused-ring (bicyclic) bond motifs is 1. The summed E-state index contributed by atoms with van der Waals surface area (Å²) in [5, 5.41) is 15.5. The molecular formula is C29H34ClFN6O5S. The van der Waals surface area contributed by atoms with Gasteiger partial charge in [-0.05, 0) is 39.8 Å². The zero-order valence-electron chi connectivity index (χ0n) is 24.4. The number of piperazine rings is 1. The van der Waals surface area contributed by atoms with Crippen LogP contribution in [-0.2, 0) is 14.3 Å². The molecule has 0 unspecified atom stereocenters. The van der Waals surface area contributed by atoms with E-state index < -0.39 is 34.8 Å². The van der Waals surface area contributed by atoms with Crippen LogP contribution >= 0.6 is 22.9 Å². The van der Waals surface area contributed by atoms with Crippen molar-refractivity contribution in [3.8, 4) is 0 Å². The molecule has 2 saturated heterocycles. The molecule has 4 heterocycles. The number of halogens is 2. The van der Waals surface area contributed by atoms with Crippen LogP contribution in [0.5, 0.6) is 0 Å². The SMILES string of the molecule is CCOC(=O)C1=C(CN2CCN3C(=O)N(CC(C)(C)C(=O)O)C[C@]3(C)C2)NC(c2nccs2)=N[C@H]1c1ccc(F)cc1Cl. The molecule has 0 bridgehead atoms. The van der Waals surface area contributed by atoms with Crippen LogP contribution in [0.15, 0.2) is 46.0 Å². The van der Waals surface area contributed by atoms with Crippen LogP contribution in [0.2, 0.25) is 5.02 Å². The van der Waals surface area contributed by atoms with Gasteiger partial charge in [0.25, 0.3) is 0 Å². The van der Waals surface area contributed by atoms with Crippen molar-refractivity contribution in [3.05, 3.63) is 62.5 Å². The van der Waals surface area contributed by atoms with Gasteiger partial charge in [-0.1, -0.05) is 17.7 Å². The molecule has 0 spiro atoms. The normalized spacial score (nSPS) is 22.8. The smallest absolute Gasteiger partial charge is 0.338 e. The van der Waals surface area contributed by atoms with Gasteiger partial charge < -0.3 is 25.0 Å². The van der Waals surface area contributed by atoms with Crippen LogP contribution in [0, 0.1) is 11.2 Å². The van der Waals surface area contributed by atoms with Crippen molar-refractivity contribution in [2.75, 3.05) is 45.9 Å². The van der Waals surface area contributed by atoms with Crippen LogP contribution in [-0.4, -0.2) is 100 Å². The fourth-order valence-electron chi connectivity index (χ4n) is 5.86. The van der Waals surface area contributed by atoms with E-state index in [1.807, 2.05) is 12.3 Å². The molecule has 3 aliphatic heterocycles. The molecule has 11 nitrogen and oxygen atoms in total. The molecule has 0 radical (unpaired) electrons. The fraction of sp³-hybridized carbons (Fsp3) is 0.483. The number of amides is 2. The van der Waals surface area contributed by atoms with Gasteiger partial charge in [-0.2, -0.15) is 0 Å². The Labute approximate surface area is 258 Å². The van der Waals surface area contributed by atoms with Gasteiger partial charge in [-0.25, -0.2) is 19.0 Å². The number of carboxylic acid groups (broad SMARTS) is 1. The van der Waals surface area contributed by atoms with Crippen LogP contribution < -0.4 is 5.32 Å². The molecule has 14 heteroatoms. The van der Waals surface area contributed by atoms with Crippen molar-refractivity contribution >= 4 is 46.7 Å². The first-order valence-electron chi connectivity index (χ1n) is 13.9. The van der Waals surface area contributed by atoms with E-state index in [2.05, 4.69) is 15.2 Å². The molecule has 2 N–H and O–H groups in total. The van der Waals surface area contributed by atoms with Crippen LogP contribution in [0.3, 0.4) is 0 Å². The Morgan fingerprint density at radius 2 is 2.07 bits per heavy atom. The summed E-state index contributed by atoms with van der Waals surface area (Å²) in [6.07, 6.45) is 1.66. The molecule has 2 fully saturated rings. The van der Waals surface area contributed by atoms with Crippen LogP contribution in [0.4, 0.5) is 9.18 Å². The average Bonchev–Trinajstić information content (AvgIpc) is 3.54. The molecular weight excluding hydrogens is 599 g/mol. The zero-order valence-corrected chi connectivity index (χ0v) is 26.0. The number of esters is 1. The van der Waals surface area contributed by atoms with Gasteiger partial charge in [0.2, 0.25) is 0 Å². The van der Waals surface area contributed by atoms with Crippen LogP contribution in [0.1, 0.15) is 44.3 Å². The third-order valence-electron chi connectivity index (χ3n) is 7.95. The van der Waals surface area contributed by atoms with Crippen molar-refractivity contribution in [2.45, 2.75) is 39.3 Å². The van der Waals surface area contributed by atoms with E-state index in [1.54, 1.807) is 36.8 Å². The number of carbonyl (C=O) groups is 3. The molecule has 2 aromatic rings. The number of thiazole rings is 1. The first-order chi connectivity index (χ1) is 20.3. The lowest BCUT2D eigenvalue weighted by Crippen LogP contribution is -2.60. The quantitative estimate of drug-likeness (QED) is 0.400. The van der Waals surface area contributed by atoms with E-state index in [0.29, 0.717) is 54.8 Å². The number of aliphatic imine (C=N–C) groups is 1. The van der Waals surface area contributed by atoms with E-state index in [4.69, 9.17) is 21.3 Å². The highest BCUT2D eigenvalue weighted by Gasteiger charge is 2.51. The van der Waals surface area contributed by atoms with Gasteiger partial charge in [-0.15, -0.1) is 11.3 Å². The lowest BCUT2D eigenvalue weighted by atomic mass is 9.92. The fourth-order valence-corrected chi connectivity index (χ4v) is 6.72. The Balaban J connectivity index is 1.48. The lowest BCUT2D eigenvalue weighted by Gasteiger charge is -2.44. The summed E-state index contributed by atoms with van der Waals surface area (Å²) in [6.45, 7) is 9.27. The summed E-state index contributed by atoms with van der Waals surface area (Å²) >= 11 is 7.87. The minimum Gasteiger partial charge on any atom is -0.481 e. The minimum absolute atomic E-state index is 0.0979. The average molecular weight is 633 g/mol. The van der Waals surface area contributed by atoms with Gasteiger partial charge in [0, 0.05) is 67.1 Å². The summed E-state index contributed by atoms with van der Waals surface area (Å²) in [5.41, 5.74) is -0.401. The van der Waals surface area contributed by atoms with E-state index in [0.717, 1.165) is 0 Å². The van der Waals surface area contributed by atoms with Gasteiger partial charge in [0.05, 0.1) is 23.1 Å². The second-order valence-corrected chi connectivity index (χ2v) is 13.1. The first kappa shape index (κ1) is 30.9. The molecule has 230 valence electrons. The topological polar surface area (TPSA) is 128 Å². The Kier molecular flexibility index (Phi) is 8.52. The Hall–Kier alpha value is -3.55. The van der Waals surface area contributed by atoms with Crippen molar-refractivity contribution in [3.63, 3.8) is 0 Å². The molecule has 1 aromatic carbocycles. The number of aliphatic carboxylic acids is 1. The number of rotatable bonds is 9. The predicted octanol–water partition coefficient (Wildman–Crippen LogP) is 3.77. The number of hydrogen-bond acceptors (Lipinski definition) is 9. The van der Waals surface area contributed by atoms with Crippen LogP contribution in [0.25, 0.3) is 0 Å². The third kappa shape index (κ3) is 6.11. The van der Waals surface area contributed by atoms with Gasteiger partial charge >= 0.3 is 18.0 Å². The number of benzene rings is 1. The highest BCUT2D eigenvalue weighted by molar-refractivity contribution is 7.11. The molecule has 43 heavy (non-hydrogen) atoms. The standard InChI is InChI=1S/C29H34ClFN6O5S/c1-5-42-25(38)21-20(33-23(24-32-8-11-43-24)34-22(21)18-7-6-17(31)12-19(18)30)13-35-9-10-37-27(41)36(16-29(37,4)15-35)14-28(2,3)26(39)40/h6-8,11-12,22H,5,9-10,13-16H2,1-4H3,(H,33,34)(H,39,40)/t22-,29-/m0/s1. The summed E-state index contributed by atoms with van der Waals surface area (Å²) in [6, 6.07) is 2.93. The summed E-state index contributed by atoms with van der Waals surface area (Å²) in [7, 11) is 0. The number of nitrogens with zero attached hydrogens (tertiary/aromatic N) is 5.